The molecule has 0 amide bonds. The molecule has 3 heterocycles. The van der Waals surface area contributed by atoms with Gasteiger partial charge in [-0.25, -0.2) is 9.78 Å². The van der Waals surface area contributed by atoms with E-state index in [-0.39, 0.29) is 23.2 Å². The minimum atomic E-state index is -1.23. The van der Waals surface area contributed by atoms with Gasteiger partial charge in [0, 0.05) is 13.1 Å². The predicted molar refractivity (Wildman–Crippen MR) is 73.7 cm³/mol. The van der Waals surface area contributed by atoms with Crippen LogP contribution in [0.4, 0.5) is 5.82 Å². The molecule has 1 fully saturated rings. The second kappa shape index (κ2) is 5.28. The molecule has 8 nitrogen and oxygen atoms in total. The molecule has 0 bridgehead atoms. The Hall–Kier alpha value is -2.22. The first-order valence-electron chi connectivity index (χ1n) is 6.80. The molecule has 8 heteroatoms. The zero-order chi connectivity index (χ0) is 15.0. The van der Waals surface area contributed by atoms with E-state index in [0.717, 1.165) is 18.8 Å². The Morgan fingerprint density at radius 2 is 1.95 bits per heavy atom. The Morgan fingerprint density at radius 3 is 2.57 bits per heavy atom. The van der Waals surface area contributed by atoms with Crippen LogP contribution in [0.5, 0.6) is 0 Å². The molecule has 1 aliphatic rings. The molecule has 2 aromatic rings. The zero-order valence-electron chi connectivity index (χ0n) is 11.9. The van der Waals surface area contributed by atoms with Crippen molar-refractivity contribution in [3.05, 3.63) is 11.6 Å². The highest BCUT2D eigenvalue weighted by molar-refractivity contribution is 5.85. The molecule has 21 heavy (non-hydrogen) atoms. The van der Waals surface area contributed by atoms with Gasteiger partial charge in [-0.1, -0.05) is 13.8 Å². The van der Waals surface area contributed by atoms with Gasteiger partial charge in [-0.15, -0.1) is 0 Å². The van der Waals surface area contributed by atoms with Crippen LogP contribution < -0.4 is 4.90 Å². The highest BCUT2D eigenvalue weighted by Gasteiger charge is 2.23. The van der Waals surface area contributed by atoms with Gasteiger partial charge < -0.3 is 19.2 Å². The van der Waals surface area contributed by atoms with Crippen molar-refractivity contribution in [3.8, 4) is 0 Å². The van der Waals surface area contributed by atoms with E-state index in [0.29, 0.717) is 19.0 Å². The minimum Gasteiger partial charge on any atom is -0.474 e. The molecule has 1 saturated heterocycles. The van der Waals surface area contributed by atoms with Gasteiger partial charge >= 0.3 is 11.9 Å². The molecule has 1 aliphatic heterocycles. The SMILES string of the molecule is CC(C)c1nc2nc(C(=O)O)oc2nc1N1CCOCC1. The Balaban J connectivity index is 2.11. The summed E-state index contributed by atoms with van der Waals surface area (Å²) in [5, 5.41) is 8.94. The summed E-state index contributed by atoms with van der Waals surface area (Å²) in [6.45, 7) is 6.73. The number of carboxylic acid groups (broad SMARTS) is 1. The molecule has 1 N–H and O–H groups in total. The highest BCUT2D eigenvalue weighted by Crippen LogP contribution is 2.27. The molecule has 0 unspecified atom stereocenters. The quantitative estimate of drug-likeness (QED) is 0.902. The van der Waals surface area contributed by atoms with E-state index in [1.807, 2.05) is 13.8 Å². The molecule has 2 aromatic heterocycles. The Labute approximate surface area is 120 Å². The van der Waals surface area contributed by atoms with Crippen molar-refractivity contribution in [2.45, 2.75) is 19.8 Å². The lowest BCUT2D eigenvalue weighted by atomic mass is 10.1. The van der Waals surface area contributed by atoms with Crippen molar-refractivity contribution in [2.75, 3.05) is 31.2 Å². The van der Waals surface area contributed by atoms with E-state index in [1.165, 1.54) is 0 Å². The van der Waals surface area contributed by atoms with Crippen LogP contribution in [0, 0.1) is 0 Å². The van der Waals surface area contributed by atoms with Crippen LogP contribution >= 0.6 is 0 Å². The van der Waals surface area contributed by atoms with Crippen molar-refractivity contribution in [2.24, 2.45) is 0 Å². The summed E-state index contributed by atoms with van der Waals surface area (Å²) in [5.41, 5.74) is 1.17. The number of nitrogens with zero attached hydrogens (tertiary/aromatic N) is 4. The lowest BCUT2D eigenvalue weighted by Crippen LogP contribution is -2.37. The summed E-state index contributed by atoms with van der Waals surface area (Å²) in [4.78, 5) is 25.8. The molecular weight excluding hydrogens is 276 g/mol. The third-order valence-electron chi connectivity index (χ3n) is 3.30. The molecule has 0 saturated carbocycles. The van der Waals surface area contributed by atoms with Crippen molar-refractivity contribution >= 4 is 23.1 Å². The molecule has 0 spiro atoms. The molecule has 0 aliphatic carbocycles. The third kappa shape index (κ3) is 2.54. The van der Waals surface area contributed by atoms with E-state index in [2.05, 4.69) is 19.9 Å². The zero-order valence-corrected chi connectivity index (χ0v) is 11.9. The maximum Gasteiger partial charge on any atom is 0.392 e. The normalized spacial score (nSPS) is 15.9. The van der Waals surface area contributed by atoms with Gasteiger partial charge in [0.05, 0.1) is 18.9 Å². The topological polar surface area (TPSA) is 102 Å². The number of rotatable bonds is 3. The van der Waals surface area contributed by atoms with Crippen LogP contribution in [0.15, 0.2) is 4.42 Å². The van der Waals surface area contributed by atoms with Gasteiger partial charge in [0.1, 0.15) is 0 Å². The van der Waals surface area contributed by atoms with E-state index >= 15 is 0 Å². The standard InChI is InChI=1S/C13H16N4O4/c1-7(2)8-10(17-3-5-20-6-4-17)16-11-9(14-8)15-12(21-11)13(18)19/h7H,3-6H2,1-2H3,(H,18,19). The summed E-state index contributed by atoms with van der Waals surface area (Å²) in [5.74, 6) is -0.758. The van der Waals surface area contributed by atoms with Gasteiger partial charge in [-0.3, -0.25) is 0 Å². The maximum absolute atomic E-state index is 10.9. The fourth-order valence-electron chi connectivity index (χ4n) is 2.25. The Bertz CT molecular complexity index is 676. The van der Waals surface area contributed by atoms with Gasteiger partial charge in [-0.2, -0.15) is 9.97 Å². The first-order valence-corrected chi connectivity index (χ1v) is 6.80. The molecule has 0 atom stereocenters. The summed E-state index contributed by atoms with van der Waals surface area (Å²) >= 11 is 0. The number of aromatic carboxylic acids is 1. The average molecular weight is 292 g/mol. The summed E-state index contributed by atoms with van der Waals surface area (Å²) in [6.07, 6.45) is 0. The number of aromatic nitrogens is 3. The number of fused-ring (bicyclic) bond motifs is 1. The van der Waals surface area contributed by atoms with Gasteiger partial charge in [0.2, 0.25) is 5.65 Å². The fourth-order valence-corrected chi connectivity index (χ4v) is 2.25. The molecule has 112 valence electrons. The molecule has 0 aromatic carbocycles. The van der Waals surface area contributed by atoms with Crippen LogP contribution in [0.3, 0.4) is 0 Å². The predicted octanol–water partition coefficient (Wildman–Crippen LogP) is 1.28. The van der Waals surface area contributed by atoms with Crippen LogP contribution in [0.1, 0.15) is 36.1 Å². The summed E-state index contributed by atoms with van der Waals surface area (Å²) < 4.78 is 10.5. The van der Waals surface area contributed by atoms with Crippen LogP contribution in [-0.2, 0) is 4.74 Å². The first kappa shape index (κ1) is 13.7. The minimum absolute atomic E-state index is 0.143. The van der Waals surface area contributed by atoms with Crippen molar-refractivity contribution in [1.82, 2.24) is 15.0 Å². The van der Waals surface area contributed by atoms with Crippen LogP contribution in [0.2, 0.25) is 0 Å². The van der Waals surface area contributed by atoms with Crippen molar-refractivity contribution < 1.29 is 19.1 Å². The molecular formula is C13H16N4O4. The van der Waals surface area contributed by atoms with Crippen molar-refractivity contribution in [1.29, 1.82) is 0 Å². The van der Waals surface area contributed by atoms with Crippen molar-refractivity contribution in [3.63, 3.8) is 0 Å². The fraction of sp³-hybridized carbons (Fsp3) is 0.538. The molecule has 0 radical (unpaired) electrons. The summed E-state index contributed by atoms with van der Waals surface area (Å²) in [6, 6.07) is 0. The number of hydrogen-bond donors (Lipinski definition) is 1. The molecule has 3 rings (SSSR count). The number of carboxylic acids is 1. The van der Waals surface area contributed by atoms with E-state index < -0.39 is 5.97 Å². The first-order chi connectivity index (χ1) is 10.1. The second-order valence-corrected chi connectivity index (χ2v) is 5.14. The van der Waals surface area contributed by atoms with E-state index in [9.17, 15) is 4.79 Å². The number of ether oxygens (including phenoxy) is 1. The number of carbonyl (C=O) groups is 1. The monoisotopic (exact) mass is 292 g/mol. The number of morpholine rings is 1. The smallest absolute Gasteiger partial charge is 0.392 e. The highest BCUT2D eigenvalue weighted by atomic mass is 16.5. The average Bonchev–Trinajstić information content (AvgIpc) is 2.90. The number of anilines is 1. The van der Waals surface area contributed by atoms with E-state index in [4.69, 9.17) is 14.3 Å². The Kier molecular flexibility index (Phi) is 3.46. The lowest BCUT2D eigenvalue weighted by Gasteiger charge is -2.29. The largest absolute Gasteiger partial charge is 0.474 e. The van der Waals surface area contributed by atoms with Gasteiger partial charge in [-0.05, 0) is 5.92 Å². The van der Waals surface area contributed by atoms with Gasteiger partial charge in [0.25, 0.3) is 5.71 Å². The van der Waals surface area contributed by atoms with Crippen LogP contribution in [-0.4, -0.2) is 52.3 Å². The van der Waals surface area contributed by atoms with E-state index in [1.54, 1.807) is 0 Å². The summed E-state index contributed by atoms with van der Waals surface area (Å²) in [7, 11) is 0. The van der Waals surface area contributed by atoms with Crippen LogP contribution in [0.25, 0.3) is 11.4 Å². The third-order valence-corrected chi connectivity index (χ3v) is 3.30. The number of oxazole rings is 1. The maximum atomic E-state index is 10.9. The Morgan fingerprint density at radius 1 is 1.24 bits per heavy atom. The lowest BCUT2D eigenvalue weighted by molar-refractivity contribution is 0.0656. The van der Waals surface area contributed by atoms with Gasteiger partial charge in [0.15, 0.2) is 5.82 Å². The number of hydrogen-bond acceptors (Lipinski definition) is 7. The second-order valence-electron chi connectivity index (χ2n) is 5.14.